The zero-order valence-corrected chi connectivity index (χ0v) is 19.2. The standard InChI is InChI=1S/C23H21N5O2S2/c1-30-19-8-6-18(7-9-19)28-22(16-10-12-24-13-11-16)26-27-23(28)32-15-21(29)25-17-4-3-5-20(14-17)31-2/h3-14H,15H2,1-2H3,(H,25,29). The maximum Gasteiger partial charge on any atom is 0.234 e. The molecule has 162 valence electrons. The average molecular weight is 464 g/mol. The van der Waals surface area contributed by atoms with Crippen LogP contribution in [-0.4, -0.2) is 44.8 Å². The fraction of sp³-hybridized carbons (Fsp3) is 0.130. The lowest BCUT2D eigenvalue weighted by atomic mass is 10.2. The molecule has 0 radical (unpaired) electrons. The number of hydrogen-bond acceptors (Lipinski definition) is 7. The van der Waals surface area contributed by atoms with Gasteiger partial charge >= 0.3 is 0 Å². The van der Waals surface area contributed by atoms with Gasteiger partial charge in [0.05, 0.1) is 12.9 Å². The molecule has 0 aliphatic heterocycles. The van der Waals surface area contributed by atoms with Crippen LogP contribution in [0.25, 0.3) is 17.1 Å². The molecule has 0 spiro atoms. The zero-order chi connectivity index (χ0) is 22.3. The van der Waals surface area contributed by atoms with Crippen LogP contribution >= 0.6 is 23.5 Å². The number of nitrogens with zero attached hydrogens (tertiary/aromatic N) is 4. The van der Waals surface area contributed by atoms with Gasteiger partial charge in [0, 0.05) is 34.2 Å². The van der Waals surface area contributed by atoms with Crippen molar-refractivity contribution in [3.63, 3.8) is 0 Å². The van der Waals surface area contributed by atoms with Gasteiger partial charge in [-0.1, -0.05) is 17.8 Å². The van der Waals surface area contributed by atoms with Crippen LogP contribution in [0.15, 0.2) is 83.1 Å². The number of ether oxygens (including phenoxy) is 1. The summed E-state index contributed by atoms with van der Waals surface area (Å²) in [6, 6.07) is 19.2. The van der Waals surface area contributed by atoms with Crippen LogP contribution in [0.2, 0.25) is 0 Å². The predicted octanol–water partition coefficient (Wildman–Crippen LogP) is 4.79. The summed E-state index contributed by atoms with van der Waals surface area (Å²) < 4.78 is 7.21. The van der Waals surface area contributed by atoms with Gasteiger partial charge in [-0.3, -0.25) is 14.3 Å². The topological polar surface area (TPSA) is 81.9 Å². The van der Waals surface area contributed by atoms with E-state index >= 15 is 0 Å². The first-order valence-electron chi connectivity index (χ1n) is 9.75. The number of methoxy groups -OCH3 is 1. The van der Waals surface area contributed by atoms with E-state index < -0.39 is 0 Å². The molecule has 2 heterocycles. The Morgan fingerprint density at radius 1 is 1.06 bits per heavy atom. The van der Waals surface area contributed by atoms with E-state index in [0.717, 1.165) is 27.6 Å². The third-order valence-electron chi connectivity index (χ3n) is 4.59. The molecular formula is C23H21N5O2S2. The molecule has 0 aliphatic carbocycles. The largest absolute Gasteiger partial charge is 0.497 e. The van der Waals surface area contributed by atoms with Gasteiger partial charge in [0.1, 0.15) is 5.75 Å². The minimum absolute atomic E-state index is 0.108. The average Bonchev–Trinajstić information content (AvgIpc) is 3.27. The summed E-state index contributed by atoms with van der Waals surface area (Å²) in [5.41, 5.74) is 2.53. The lowest BCUT2D eigenvalue weighted by molar-refractivity contribution is -0.113. The van der Waals surface area contributed by atoms with Crippen LogP contribution < -0.4 is 10.1 Å². The number of amides is 1. The van der Waals surface area contributed by atoms with Crippen LogP contribution in [-0.2, 0) is 4.79 Å². The lowest BCUT2D eigenvalue weighted by Crippen LogP contribution is -2.14. The Hall–Kier alpha value is -3.30. The number of nitrogens with one attached hydrogen (secondary N) is 1. The molecule has 4 aromatic rings. The number of carbonyl (C=O) groups is 1. The molecule has 0 aliphatic rings. The third kappa shape index (κ3) is 5.12. The van der Waals surface area contributed by atoms with E-state index in [2.05, 4.69) is 20.5 Å². The van der Waals surface area contributed by atoms with E-state index in [0.29, 0.717) is 11.0 Å². The van der Waals surface area contributed by atoms with E-state index in [1.54, 1.807) is 31.3 Å². The van der Waals surface area contributed by atoms with Crippen molar-refractivity contribution in [3.05, 3.63) is 73.1 Å². The van der Waals surface area contributed by atoms with Gasteiger partial charge in [-0.05, 0) is 60.9 Å². The third-order valence-corrected chi connectivity index (χ3v) is 6.24. The van der Waals surface area contributed by atoms with Crippen molar-refractivity contribution in [1.82, 2.24) is 19.7 Å². The summed E-state index contributed by atoms with van der Waals surface area (Å²) in [5.74, 6) is 1.53. The number of hydrogen-bond donors (Lipinski definition) is 1. The van der Waals surface area contributed by atoms with Crippen molar-refractivity contribution >= 4 is 35.1 Å². The van der Waals surface area contributed by atoms with Crippen molar-refractivity contribution in [3.8, 4) is 22.8 Å². The van der Waals surface area contributed by atoms with Gasteiger partial charge < -0.3 is 10.1 Å². The van der Waals surface area contributed by atoms with Gasteiger partial charge in [-0.15, -0.1) is 22.0 Å². The Bertz CT molecular complexity index is 1200. The number of rotatable bonds is 8. The molecule has 0 bridgehead atoms. The zero-order valence-electron chi connectivity index (χ0n) is 17.6. The molecule has 1 N–H and O–H groups in total. The van der Waals surface area contributed by atoms with Crippen LogP contribution in [0.5, 0.6) is 5.75 Å². The molecule has 0 atom stereocenters. The van der Waals surface area contributed by atoms with Gasteiger partial charge in [0.2, 0.25) is 5.91 Å². The van der Waals surface area contributed by atoms with E-state index in [9.17, 15) is 4.79 Å². The SMILES string of the molecule is COc1ccc(-n2c(SCC(=O)Nc3cccc(SC)c3)nnc2-c2ccncc2)cc1. The van der Waals surface area contributed by atoms with Crippen molar-refractivity contribution in [2.45, 2.75) is 10.1 Å². The normalized spacial score (nSPS) is 10.7. The van der Waals surface area contributed by atoms with Crippen LogP contribution in [0.4, 0.5) is 5.69 Å². The molecule has 9 heteroatoms. The summed E-state index contributed by atoms with van der Waals surface area (Å²) in [6.45, 7) is 0. The highest BCUT2D eigenvalue weighted by atomic mass is 32.2. The summed E-state index contributed by atoms with van der Waals surface area (Å²) in [5, 5.41) is 12.3. The second-order valence-corrected chi connectivity index (χ2v) is 8.47. The Kier molecular flexibility index (Phi) is 7.08. The minimum Gasteiger partial charge on any atom is -0.497 e. The molecule has 0 saturated carbocycles. The highest BCUT2D eigenvalue weighted by molar-refractivity contribution is 7.99. The van der Waals surface area contributed by atoms with Crippen LogP contribution in [0.3, 0.4) is 0 Å². The number of benzene rings is 2. The summed E-state index contributed by atoms with van der Waals surface area (Å²) in [7, 11) is 1.63. The highest BCUT2D eigenvalue weighted by Crippen LogP contribution is 2.29. The van der Waals surface area contributed by atoms with E-state index in [-0.39, 0.29) is 11.7 Å². The first-order valence-corrected chi connectivity index (χ1v) is 12.0. The van der Waals surface area contributed by atoms with Crippen molar-refractivity contribution in [1.29, 1.82) is 0 Å². The first kappa shape index (κ1) is 21.9. The number of carbonyl (C=O) groups excluding carboxylic acids is 1. The molecule has 4 rings (SSSR count). The monoisotopic (exact) mass is 463 g/mol. The predicted molar refractivity (Wildman–Crippen MR) is 129 cm³/mol. The van der Waals surface area contributed by atoms with Gasteiger partial charge in [0.25, 0.3) is 0 Å². The number of aromatic nitrogens is 4. The second kappa shape index (κ2) is 10.3. The quantitative estimate of drug-likeness (QED) is 0.376. The molecule has 2 aromatic carbocycles. The van der Waals surface area contributed by atoms with Crippen molar-refractivity contribution in [2.24, 2.45) is 0 Å². The van der Waals surface area contributed by atoms with Gasteiger partial charge in [-0.2, -0.15) is 0 Å². The number of pyridine rings is 1. The van der Waals surface area contributed by atoms with Crippen molar-refractivity contribution in [2.75, 3.05) is 24.4 Å². The molecule has 0 fully saturated rings. The molecule has 0 unspecified atom stereocenters. The maximum absolute atomic E-state index is 12.6. The first-order chi connectivity index (χ1) is 15.7. The number of anilines is 1. The smallest absolute Gasteiger partial charge is 0.234 e. The van der Waals surface area contributed by atoms with Gasteiger partial charge in [-0.25, -0.2) is 0 Å². The van der Waals surface area contributed by atoms with E-state index in [1.807, 2.05) is 71.5 Å². The molecule has 7 nitrogen and oxygen atoms in total. The summed E-state index contributed by atoms with van der Waals surface area (Å²) in [4.78, 5) is 17.7. The Morgan fingerprint density at radius 2 is 1.84 bits per heavy atom. The summed E-state index contributed by atoms with van der Waals surface area (Å²) in [6.07, 6.45) is 5.43. The fourth-order valence-corrected chi connectivity index (χ4v) is 4.25. The minimum atomic E-state index is -0.108. The molecule has 32 heavy (non-hydrogen) atoms. The molecule has 2 aromatic heterocycles. The Morgan fingerprint density at radius 3 is 2.56 bits per heavy atom. The van der Waals surface area contributed by atoms with Crippen molar-refractivity contribution < 1.29 is 9.53 Å². The highest BCUT2D eigenvalue weighted by Gasteiger charge is 2.17. The maximum atomic E-state index is 12.6. The second-order valence-electron chi connectivity index (χ2n) is 6.64. The molecular weight excluding hydrogens is 442 g/mol. The fourth-order valence-electron chi connectivity index (χ4n) is 3.04. The Balaban J connectivity index is 1.57. The lowest BCUT2D eigenvalue weighted by Gasteiger charge is -2.11. The van der Waals surface area contributed by atoms with Gasteiger partial charge in [0.15, 0.2) is 11.0 Å². The van der Waals surface area contributed by atoms with Crippen LogP contribution in [0.1, 0.15) is 0 Å². The molecule has 0 saturated heterocycles. The summed E-state index contributed by atoms with van der Waals surface area (Å²) >= 11 is 2.96. The number of thioether (sulfide) groups is 2. The van der Waals surface area contributed by atoms with Crippen LogP contribution in [0, 0.1) is 0 Å². The molecule has 1 amide bonds. The van der Waals surface area contributed by atoms with E-state index in [4.69, 9.17) is 4.74 Å². The van der Waals surface area contributed by atoms with E-state index in [1.165, 1.54) is 11.8 Å². The Labute approximate surface area is 194 Å².